The predicted octanol–water partition coefficient (Wildman–Crippen LogP) is 3.05. The van der Waals surface area contributed by atoms with Crippen LogP contribution in [0.25, 0.3) is 0 Å². The molecule has 4 heteroatoms. The maximum Gasteiger partial charge on any atom is 0.146 e. The number of para-hydroxylation sites is 1. The van der Waals surface area contributed by atoms with E-state index in [0.717, 1.165) is 37.6 Å². The van der Waals surface area contributed by atoms with Crippen LogP contribution in [0.4, 0.5) is 10.1 Å². The lowest BCUT2D eigenvalue weighted by molar-refractivity contribution is 0.0868. The molecule has 0 unspecified atom stereocenters. The summed E-state index contributed by atoms with van der Waals surface area (Å²) in [5.74, 6) is 0.896. The number of rotatable bonds is 4. The van der Waals surface area contributed by atoms with Crippen LogP contribution >= 0.6 is 12.6 Å². The zero-order valence-electron chi connectivity index (χ0n) is 11.9. The normalized spacial score (nSPS) is 22.6. The molecule has 1 saturated carbocycles. The number of piperazine rings is 1. The molecule has 0 amide bonds. The first-order valence-corrected chi connectivity index (χ1v) is 8.18. The van der Waals surface area contributed by atoms with Crippen molar-refractivity contribution in [3.63, 3.8) is 0 Å². The summed E-state index contributed by atoms with van der Waals surface area (Å²) in [6.07, 6.45) is 4.00. The number of hydrogen-bond acceptors (Lipinski definition) is 3. The molecule has 0 bridgehead atoms. The monoisotopic (exact) mass is 294 g/mol. The van der Waals surface area contributed by atoms with Crippen molar-refractivity contribution in [3.8, 4) is 0 Å². The summed E-state index contributed by atoms with van der Waals surface area (Å²) in [5, 5.41) is 0. The fourth-order valence-corrected chi connectivity index (χ4v) is 3.79. The number of nitrogens with zero attached hydrogens (tertiary/aromatic N) is 2. The van der Waals surface area contributed by atoms with Gasteiger partial charge in [-0.05, 0) is 36.1 Å². The third-order valence-electron chi connectivity index (χ3n) is 4.87. The number of anilines is 1. The number of benzene rings is 1. The Hall–Kier alpha value is -0.740. The molecule has 1 aromatic carbocycles. The van der Waals surface area contributed by atoms with Crippen molar-refractivity contribution in [2.75, 3.05) is 43.4 Å². The molecule has 1 aromatic rings. The number of halogens is 1. The summed E-state index contributed by atoms with van der Waals surface area (Å²) < 4.78 is 13.8. The molecule has 0 radical (unpaired) electrons. The van der Waals surface area contributed by atoms with Gasteiger partial charge in [0.05, 0.1) is 5.69 Å². The van der Waals surface area contributed by atoms with Crippen LogP contribution in [0.5, 0.6) is 0 Å². The molecule has 1 aliphatic carbocycles. The van der Waals surface area contributed by atoms with E-state index >= 15 is 0 Å². The van der Waals surface area contributed by atoms with Crippen molar-refractivity contribution >= 4 is 18.3 Å². The Bertz CT molecular complexity index is 448. The maximum absolute atomic E-state index is 13.8. The van der Waals surface area contributed by atoms with Crippen LogP contribution in [0.1, 0.15) is 19.3 Å². The van der Waals surface area contributed by atoms with Gasteiger partial charge in [0.25, 0.3) is 0 Å². The highest BCUT2D eigenvalue weighted by molar-refractivity contribution is 7.80. The van der Waals surface area contributed by atoms with Gasteiger partial charge in [-0.1, -0.05) is 18.6 Å². The maximum atomic E-state index is 13.8. The molecular weight excluding hydrogens is 271 g/mol. The van der Waals surface area contributed by atoms with Gasteiger partial charge in [0.1, 0.15) is 5.82 Å². The second kappa shape index (κ2) is 5.94. The van der Waals surface area contributed by atoms with Crippen LogP contribution in [-0.4, -0.2) is 43.4 Å². The Morgan fingerprint density at radius 1 is 1.10 bits per heavy atom. The zero-order valence-corrected chi connectivity index (χ0v) is 12.8. The highest BCUT2D eigenvalue weighted by atomic mass is 32.1. The van der Waals surface area contributed by atoms with Crippen molar-refractivity contribution < 1.29 is 4.39 Å². The zero-order chi connectivity index (χ0) is 14.0. The van der Waals surface area contributed by atoms with Gasteiger partial charge in [-0.15, -0.1) is 0 Å². The molecule has 0 N–H and O–H groups in total. The first-order valence-electron chi connectivity index (χ1n) is 7.55. The van der Waals surface area contributed by atoms with Crippen LogP contribution in [-0.2, 0) is 0 Å². The molecule has 20 heavy (non-hydrogen) atoms. The molecular formula is C16H23FN2S. The molecule has 2 fully saturated rings. The van der Waals surface area contributed by atoms with Crippen molar-refractivity contribution in [2.24, 2.45) is 5.41 Å². The molecule has 1 saturated heterocycles. The highest BCUT2D eigenvalue weighted by Crippen LogP contribution is 2.42. The summed E-state index contributed by atoms with van der Waals surface area (Å²) in [6, 6.07) is 7.09. The van der Waals surface area contributed by atoms with E-state index in [1.165, 1.54) is 25.8 Å². The van der Waals surface area contributed by atoms with Gasteiger partial charge in [-0.25, -0.2) is 4.39 Å². The van der Waals surface area contributed by atoms with Crippen molar-refractivity contribution in [3.05, 3.63) is 30.1 Å². The van der Waals surface area contributed by atoms with E-state index < -0.39 is 0 Å². The molecule has 1 heterocycles. The minimum atomic E-state index is -0.105. The van der Waals surface area contributed by atoms with Gasteiger partial charge in [0.2, 0.25) is 0 Å². The largest absolute Gasteiger partial charge is 0.367 e. The van der Waals surface area contributed by atoms with Gasteiger partial charge in [0.15, 0.2) is 0 Å². The molecule has 0 spiro atoms. The predicted molar refractivity (Wildman–Crippen MR) is 85.2 cm³/mol. The lowest BCUT2D eigenvalue weighted by atomic mass is 9.70. The van der Waals surface area contributed by atoms with Crippen LogP contribution in [0.3, 0.4) is 0 Å². The Morgan fingerprint density at radius 2 is 1.80 bits per heavy atom. The SMILES string of the molecule is Fc1ccccc1N1CCN(CC2(CS)CCC2)CC1. The molecule has 0 aromatic heterocycles. The summed E-state index contributed by atoms with van der Waals surface area (Å²) in [4.78, 5) is 4.70. The van der Waals surface area contributed by atoms with Crippen LogP contribution in [0, 0.1) is 11.2 Å². The summed E-state index contributed by atoms with van der Waals surface area (Å²) in [5.41, 5.74) is 1.21. The quantitative estimate of drug-likeness (QED) is 0.853. The van der Waals surface area contributed by atoms with Gasteiger partial charge in [-0.3, -0.25) is 4.90 Å². The first-order chi connectivity index (χ1) is 9.72. The smallest absolute Gasteiger partial charge is 0.146 e. The second-order valence-corrected chi connectivity index (χ2v) is 6.54. The highest BCUT2D eigenvalue weighted by Gasteiger charge is 2.37. The third kappa shape index (κ3) is 2.82. The lowest BCUT2D eigenvalue weighted by Crippen LogP contribution is -2.52. The molecule has 0 atom stereocenters. The van der Waals surface area contributed by atoms with Crippen LogP contribution in [0.2, 0.25) is 0 Å². The minimum Gasteiger partial charge on any atom is -0.367 e. The van der Waals surface area contributed by atoms with Crippen molar-refractivity contribution in [2.45, 2.75) is 19.3 Å². The standard InChI is InChI=1S/C16H23FN2S/c17-14-4-1-2-5-15(14)19-10-8-18(9-11-19)12-16(13-20)6-3-7-16/h1-2,4-5,20H,3,6-13H2. The molecule has 2 aliphatic rings. The summed E-state index contributed by atoms with van der Waals surface area (Å²) >= 11 is 4.53. The number of hydrogen-bond donors (Lipinski definition) is 1. The van der Waals surface area contributed by atoms with E-state index in [9.17, 15) is 4.39 Å². The molecule has 3 rings (SSSR count). The van der Waals surface area contributed by atoms with E-state index in [2.05, 4.69) is 22.4 Å². The Kier molecular flexibility index (Phi) is 4.22. The minimum absolute atomic E-state index is 0.105. The van der Waals surface area contributed by atoms with Crippen LogP contribution in [0.15, 0.2) is 24.3 Å². The van der Waals surface area contributed by atoms with E-state index in [0.29, 0.717) is 5.41 Å². The molecule has 1 aliphatic heterocycles. The lowest BCUT2D eigenvalue weighted by Gasteiger charge is -2.46. The van der Waals surface area contributed by atoms with Crippen molar-refractivity contribution in [1.29, 1.82) is 0 Å². The average Bonchev–Trinajstić information content (AvgIpc) is 2.44. The topological polar surface area (TPSA) is 6.48 Å². The Labute approximate surface area is 126 Å². The summed E-state index contributed by atoms with van der Waals surface area (Å²) in [7, 11) is 0. The van der Waals surface area contributed by atoms with E-state index in [4.69, 9.17) is 0 Å². The Morgan fingerprint density at radius 3 is 2.35 bits per heavy atom. The second-order valence-electron chi connectivity index (χ2n) is 6.23. The summed E-state index contributed by atoms with van der Waals surface area (Å²) in [6.45, 7) is 5.07. The van der Waals surface area contributed by atoms with Gasteiger partial charge >= 0.3 is 0 Å². The van der Waals surface area contributed by atoms with Crippen LogP contribution < -0.4 is 4.90 Å². The third-order valence-corrected chi connectivity index (χ3v) is 5.54. The average molecular weight is 294 g/mol. The fourth-order valence-electron chi connectivity index (χ4n) is 3.37. The first kappa shape index (κ1) is 14.2. The van der Waals surface area contributed by atoms with E-state index in [-0.39, 0.29) is 5.82 Å². The van der Waals surface area contributed by atoms with Crippen molar-refractivity contribution in [1.82, 2.24) is 4.90 Å². The van der Waals surface area contributed by atoms with E-state index in [1.807, 2.05) is 12.1 Å². The van der Waals surface area contributed by atoms with Gasteiger partial charge in [0, 0.05) is 32.7 Å². The number of thiol groups is 1. The van der Waals surface area contributed by atoms with Gasteiger partial charge < -0.3 is 4.90 Å². The van der Waals surface area contributed by atoms with Gasteiger partial charge in [-0.2, -0.15) is 12.6 Å². The fraction of sp³-hybridized carbons (Fsp3) is 0.625. The molecule has 110 valence electrons. The van der Waals surface area contributed by atoms with E-state index in [1.54, 1.807) is 12.1 Å². The Balaban J connectivity index is 1.56. The molecule has 2 nitrogen and oxygen atoms in total.